The summed E-state index contributed by atoms with van der Waals surface area (Å²) in [5.74, 6) is -0.193. The Bertz CT molecular complexity index is 1130. The van der Waals surface area contributed by atoms with Gasteiger partial charge in [0.15, 0.2) is 0 Å². The van der Waals surface area contributed by atoms with Crippen LogP contribution in [0.4, 0.5) is 9.18 Å². The maximum atomic E-state index is 14.9. The van der Waals surface area contributed by atoms with Gasteiger partial charge in [-0.3, -0.25) is 0 Å². The van der Waals surface area contributed by atoms with Gasteiger partial charge in [0.2, 0.25) is 0 Å². The number of ether oxygens (including phenoxy) is 3. The molecule has 7 heteroatoms. The second kappa shape index (κ2) is 10.3. The van der Waals surface area contributed by atoms with Gasteiger partial charge in [0.1, 0.15) is 23.8 Å². The number of benzene rings is 2. The van der Waals surface area contributed by atoms with Gasteiger partial charge in [-0.2, -0.15) is 0 Å². The van der Waals surface area contributed by atoms with Crippen molar-refractivity contribution >= 4 is 12.1 Å². The van der Waals surface area contributed by atoms with Crippen LogP contribution in [-0.4, -0.2) is 41.3 Å². The molecule has 5 rings (SSSR count). The fourth-order valence-electron chi connectivity index (χ4n) is 5.63. The Kier molecular flexibility index (Phi) is 7.15. The van der Waals surface area contributed by atoms with Crippen molar-refractivity contribution in [3.8, 4) is 5.75 Å². The van der Waals surface area contributed by atoms with Gasteiger partial charge in [-0.25, -0.2) is 14.0 Å². The van der Waals surface area contributed by atoms with E-state index in [2.05, 4.69) is 0 Å². The molecule has 2 aromatic carbocycles. The van der Waals surface area contributed by atoms with E-state index in [1.807, 2.05) is 35.2 Å². The Morgan fingerprint density at radius 3 is 2.30 bits per heavy atom. The lowest BCUT2D eigenvalue weighted by atomic mass is 9.91. The predicted octanol–water partition coefficient (Wildman–Crippen LogP) is 6.62. The molecule has 1 unspecified atom stereocenters. The number of hydrogen-bond acceptors (Lipinski definition) is 5. The first-order valence-electron chi connectivity index (χ1n) is 13.4. The molecule has 0 spiro atoms. The monoisotopic (exact) mass is 509 g/mol. The lowest BCUT2D eigenvalue weighted by Crippen LogP contribution is -2.47. The molecule has 1 saturated carbocycles. The molecule has 3 fully saturated rings. The lowest BCUT2D eigenvalue weighted by Gasteiger charge is -2.38. The molecule has 2 saturated heterocycles. The molecule has 198 valence electrons. The maximum Gasteiger partial charge on any atom is 0.410 e. The van der Waals surface area contributed by atoms with E-state index in [0.29, 0.717) is 12.4 Å². The summed E-state index contributed by atoms with van der Waals surface area (Å²) in [7, 11) is 0. The van der Waals surface area contributed by atoms with E-state index in [1.165, 1.54) is 6.07 Å². The first-order chi connectivity index (χ1) is 17.7. The number of rotatable bonds is 7. The van der Waals surface area contributed by atoms with Crippen LogP contribution in [0.3, 0.4) is 0 Å². The van der Waals surface area contributed by atoms with Crippen LogP contribution in [0.25, 0.3) is 0 Å². The molecule has 0 N–H and O–H groups in total. The SMILES string of the molecule is CC(C)(C)OC(=O)c1cc(C2CC2)c(OCC2C[C@H]3CC[C@@H](C2)N3C(=O)OCc2ccccc2)cc1F. The van der Waals surface area contributed by atoms with E-state index in [4.69, 9.17) is 14.2 Å². The van der Waals surface area contributed by atoms with Gasteiger partial charge in [-0.1, -0.05) is 30.3 Å². The third kappa shape index (κ3) is 6.08. The largest absolute Gasteiger partial charge is 0.493 e. The Morgan fingerprint density at radius 1 is 1.00 bits per heavy atom. The fourth-order valence-corrected chi connectivity index (χ4v) is 5.63. The van der Waals surface area contributed by atoms with Crippen LogP contribution in [0.5, 0.6) is 5.75 Å². The number of piperidine rings is 1. The number of carbonyl (C=O) groups is 2. The highest BCUT2D eigenvalue weighted by Crippen LogP contribution is 2.46. The Hall–Kier alpha value is -3.09. The smallest absolute Gasteiger partial charge is 0.410 e. The predicted molar refractivity (Wildman–Crippen MR) is 137 cm³/mol. The van der Waals surface area contributed by atoms with Gasteiger partial charge < -0.3 is 19.1 Å². The van der Waals surface area contributed by atoms with Crippen LogP contribution in [0.1, 0.15) is 86.7 Å². The average molecular weight is 510 g/mol. The van der Waals surface area contributed by atoms with E-state index in [9.17, 15) is 14.0 Å². The molecule has 3 aliphatic rings. The number of nitrogens with zero attached hydrogens (tertiary/aromatic N) is 1. The zero-order valence-electron chi connectivity index (χ0n) is 21.9. The van der Waals surface area contributed by atoms with Crippen molar-refractivity contribution in [2.24, 2.45) is 5.92 Å². The molecule has 37 heavy (non-hydrogen) atoms. The lowest BCUT2D eigenvalue weighted by molar-refractivity contribution is 0.00641. The fraction of sp³-hybridized carbons (Fsp3) is 0.533. The first kappa shape index (κ1) is 25.6. The van der Waals surface area contributed by atoms with Crippen LogP contribution >= 0.6 is 0 Å². The van der Waals surface area contributed by atoms with Gasteiger partial charge >= 0.3 is 12.1 Å². The summed E-state index contributed by atoms with van der Waals surface area (Å²) in [6, 6.07) is 13.0. The summed E-state index contributed by atoms with van der Waals surface area (Å²) in [5.41, 5.74) is 1.13. The number of amides is 1. The Labute approximate surface area is 218 Å². The second-order valence-electron chi connectivity index (χ2n) is 11.6. The quantitative estimate of drug-likeness (QED) is 0.393. The number of hydrogen-bond donors (Lipinski definition) is 0. The average Bonchev–Trinajstić information content (AvgIpc) is 3.65. The van der Waals surface area contributed by atoms with Crippen LogP contribution < -0.4 is 4.74 Å². The minimum Gasteiger partial charge on any atom is -0.493 e. The van der Waals surface area contributed by atoms with E-state index in [1.54, 1.807) is 26.8 Å². The van der Waals surface area contributed by atoms with E-state index < -0.39 is 17.4 Å². The van der Waals surface area contributed by atoms with Crippen molar-refractivity contribution in [2.45, 2.75) is 89.5 Å². The molecule has 0 aromatic heterocycles. The van der Waals surface area contributed by atoms with Crippen LogP contribution in [0.2, 0.25) is 0 Å². The molecule has 6 nitrogen and oxygen atoms in total. The summed E-state index contributed by atoms with van der Waals surface area (Å²) >= 11 is 0. The minimum absolute atomic E-state index is 0.0375. The van der Waals surface area contributed by atoms with Crippen molar-refractivity contribution in [3.63, 3.8) is 0 Å². The molecular weight excluding hydrogens is 473 g/mol. The molecule has 1 aliphatic carbocycles. The summed E-state index contributed by atoms with van der Waals surface area (Å²) in [5, 5.41) is 0. The zero-order valence-corrected chi connectivity index (χ0v) is 21.9. The summed E-state index contributed by atoms with van der Waals surface area (Å²) < 4.78 is 32.1. The number of esters is 1. The van der Waals surface area contributed by atoms with Crippen molar-refractivity contribution in [3.05, 3.63) is 65.0 Å². The van der Waals surface area contributed by atoms with Crippen molar-refractivity contribution in [1.29, 1.82) is 0 Å². The standard InChI is InChI=1S/C30H36FNO5/c1-30(2,3)37-28(33)25-15-24(21-9-10-21)27(16-26(25)31)35-18-20-13-22-11-12-23(14-20)32(22)29(34)36-17-19-7-5-4-6-8-19/h4-8,15-16,20-23H,9-14,17-18H2,1-3H3/t20?,22-,23+. The summed E-state index contributed by atoms with van der Waals surface area (Å²) in [6.45, 7) is 6.04. The number of fused-ring (bicyclic) bond motifs is 2. The highest BCUT2D eigenvalue weighted by atomic mass is 19.1. The summed E-state index contributed by atoms with van der Waals surface area (Å²) in [6.07, 6.45) is 5.38. The normalized spacial score (nSPS) is 23.0. The first-order valence-corrected chi connectivity index (χ1v) is 13.4. The van der Waals surface area contributed by atoms with Crippen LogP contribution in [0.15, 0.2) is 42.5 Å². The molecule has 3 atom stereocenters. The Morgan fingerprint density at radius 2 is 1.68 bits per heavy atom. The molecule has 0 radical (unpaired) electrons. The van der Waals surface area contributed by atoms with Crippen LogP contribution in [0, 0.1) is 11.7 Å². The van der Waals surface area contributed by atoms with Gasteiger partial charge in [-0.15, -0.1) is 0 Å². The number of carbonyl (C=O) groups excluding carboxylic acids is 2. The molecule has 2 heterocycles. The maximum absolute atomic E-state index is 14.9. The van der Waals surface area contributed by atoms with E-state index in [-0.39, 0.29) is 42.2 Å². The molecular formula is C30H36FNO5. The Balaban J connectivity index is 1.20. The number of halogens is 1. The van der Waals surface area contributed by atoms with Crippen molar-refractivity contribution in [2.75, 3.05) is 6.61 Å². The molecule has 2 aromatic rings. The molecule has 1 amide bonds. The third-order valence-corrected chi connectivity index (χ3v) is 7.46. The summed E-state index contributed by atoms with van der Waals surface area (Å²) in [4.78, 5) is 27.3. The van der Waals surface area contributed by atoms with Crippen LogP contribution in [-0.2, 0) is 16.1 Å². The highest BCUT2D eigenvalue weighted by molar-refractivity contribution is 5.90. The topological polar surface area (TPSA) is 65.1 Å². The molecule has 2 bridgehead atoms. The van der Waals surface area contributed by atoms with E-state index >= 15 is 0 Å². The third-order valence-electron chi connectivity index (χ3n) is 7.46. The van der Waals surface area contributed by atoms with Crippen molar-refractivity contribution in [1.82, 2.24) is 4.90 Å². The zero-order chi connectivity index (χ0) is 26.2. The van der Waals surface area contributed by atoms with Crippen molar-refractivity contribution < 1.29 is 28.2 Å². The molecule has 2 aliphatic heterocycles. The van der Waals surface area contributed by atoms with Gasteiger partial charge in [-0.05, 0) is 88.3 Å². The van der Waals surface area contributed by atoms with Gasteiger partial charge in [0.25, 0.3) is 0 Å². The van der Waals surface area contributed by atoms with Gasteiger partial charge in [0, 0.05) is 18.2 Å². The minimum atomic E-state index is -0.694. The van der Waals surface area contributed by atoms with E-state index in [0.717, 1.165) is 49.7 Å². The highest BCUT2D eigenvalue weighted by Gasteiger charge is 2.44. The van der Waals surface area contributed by atoms with Gasteiger partial charge in [0.05, 0.1) is 12.2 Å². The second-order valence-corrected chi connectivity index (χ2v) is 11.6.